The number of benzene rings is 1. The third kappa shape index (κ3) is 3.91. The first-order valence-electron chi connectivity index (χ1n) is 8.30. The molecule has 2 heterocycles. The number of aliphatic hydroxyl groups excluding tert-OH is 1. The van der Waals surface area contributed by atoms with Crippen molar-refractivity contribution in [1.29, 1.82) is 0 Å². The lowest BCUT2D eigenvalue weighted by atomic mass is 10.0. The van der Waals surface area contributed by atoms with E-state index in [2.05, 4.69) is 27.4 Å². The van der Waals surface area contributed by atoms with Crippen LogP contribution >= 0.6 is 11.3 Å². The van der Waals surface area contributed by atoms with Crippen molar-refractivity contribution >= 4 is 11.3 Å². The number of aromatic nitrogens is 1. The number of hydrogen-bond donors (Lipinski definition) is 1. The number of aliphatic hydroxyl groups is 1. The molecule has 1 N–H and O–H groups in total. The Morgan fingerprint density at radius 2 is 2.30 bits per heavy atom. The Morgan fingerprint density at radius 3 is 3.04 bits per heavy atom. The quantitative estimate of drug-likeness (QED) is 0.875. The summed E-state index contributed by atoms with van der Waals surface area (Å²) in [7, 11) is 0. The monoisotopic (exact) mass is 332 g/mol. The number of ether oxygens (including phenoxy) is 1. The van der Waals surface area contributed by atoms with Crippen molar-refractivity contribution in [2.24, 2.45) is 0 Å². The van der Waals surface area contributed by atoms with Gasteiger partial charge in [-0.25, -0.2) is 4.98 Å². The molecule has 0 unspecified atom stereocenters. The smallest absolute Gasteiger partial charge is 0.124 e. The lowest BCUT2D eigenvalue weighted by Crippen LogP contribution is -2.32. The molecule has 0 saturated carbocycles. The van der Waals surface area contributed by atoms with Crippen molar-refractivity contribution in [2.75, 3.05) is 13.2 Å². The molecule has 0 spiro atoms. The van der Waals surface area contributed by atoms with Gasteiger partial charge in [0.1, 0.15) is 10.8 Å². The summed E-state index contributed by atoms with van der Waals surface area (Å²) >= 11 is 1.75. The average Bonchev–Trinajstić information content (AvgIpc) is 3.11. The molecule has 0 aliphatic carbocycles. The highest BCUT2D eigenvalue weighted by Gasteiger charge is 2.25. The second-order valence-corrected chi connectivity index (χ2v) is 6.81. The minimum Gasteiger partial charge on any atom is -0.494 e. The van der Waals surface area contributed by atoms with Crippen molar-refractivity contribution in [3.05, 3.63) is 45.9 Å². The average molecular weight is 332 g/mol. The molecule has 1 aromatic heterocycles. The van der Waals surface area contributed by atoms with E-state index < -0.39 is 0 Å². The molecule has 23 heavy (non-hydrogen) atoms. The zero-order valence-corrected chi connectivity index (χ0v) is 14.4. The molecule has 2 aromatic rings. The Labute approximate surface area is 141 Å². The van der Waals surface area contributed by atoms with Crippen LogP contribution in [0.3, 0.4) is 0 Å². The molecule has 1 aliphatic rings. The van der Waals surface area contributed by atoms with E-state index >= 15 is 0 Å². The van der Waals surface area contributed by atoms with Crippen LogP contribution in [0.2, 0.25) is 0 Å². The minimum atomic E-state index is 0.0130. The van der Waals surface area contributed by atoms with Crippen LogP contribution in [0.4, 0.5) is 0 Å². The normalized spacial score (nSPS) is 19.0. The lowest BCUT2D eigenvalue weighted by molar-refractivity contribution is 0.140. The van der Waals surface area contributed by atoms with Gasteiger partial charge >= 0.3 is 0 Å². The summed E-state index contributed by atoms with van der Waals surface area (Å²) in [6, 6.07) is 6.58. The maximum absolute atomic E-state index is 9.58. The van der Waals surface area contributed by atoms with Crippen LogP contribution in [-0.4, -0.2) is 28.1 Å². The first-order valence-corrected chi connectivity index (χ1v) is 9.18. The van der Waals surface area contributed by atoms with Gasteiger partial charge in [-0.3, -0.25) is 4.90 Å². The number of rotatable bonds is 6. The molecule has 1 saturated heterocycles. The standard InChI is InChI=1S/C18H24N2O2S/c1-2-22-17-7-6-14(11-15(17)13-21)12-20-9-4-3-5-16(20)18-19-8-10-23-18/h6-8,10-11,16,21H,2-5,9,12-13H2,1H3/t16-/m0/s1. The van der Waals surface area contributed by atoms with Crippen molar-refractivity contribution in [1.82, 2.24) is 9.88 Å². The van der Waals surface area contributed by atoms with E-state index in [0.29, 0.717) is 12.6 Å². The predicted octanol–water partition coefficient (Wildman–Crippen LogP) is 3.76. The summed E-state index contributed by atoms with van der Waals surface area (Å²) in [5.41, 5.74) is 2.09. The van der Waals surface area contributed by atoms with Gasteiger partial charge in [-0.05, 0) is 44.0 Å². The summed E-state index contributed by atoms with van der Waals surface area (Å²) in [6.07, 6.45) is 5.59. The van der Waals surface area contributed by atoms with Crippen molar-refractivity contribution in [2.45, 2.75) is 45.4 Å². The molecule has 3 rings (SSSR count). The predicted molar refractivity (Wildman–Crippen MR) is 92.6 cm³/mol. The maximum atomic E-state index is 9.58. The second-order valence-electron chi connectivity index (χ2n) is 5.89. The molecule has 1 atom stereocenters. The molecule has 5 heteroatoms. The van der Waals surface area contributed by atoms with Gasteiger partial charge in [0.05, 0.1) is 19.3 Å². The van der Waals surface area contributed by atoms with Gasteiger partial charge in [0.15, 0.2) is 0 Å². The van der Waals surface area contributed by atoms with Crippen LogP contribution in [-0.2, 0) is 13.2 Å². The van der Waals surface area contributed by atoms with Crippen molar-refractivity contribution in [3.63, 3.8) is 0 Å². The van der Waals surface area contributed by atoms with E-state index in [9.17, 15) is 5.11 Å². The highest BCUT2D eigenvalue weighted by atomic mass is 32.1. The SMILES string of the molecule is CCOc1ccc(CN2CCCC[C@H]2c2nccs2)cc1CO. The number of hydrogen-bond acceptors (Lipinski definition) is 5. The van der Waals surface area contributed by atoms with Crippen LogP contribution in [0.25, 0.3) is 0 Å². The molecule has 1 fully saturated rings. The zero-order chi connectivity index (χ0) is 16.1. The largest absolute Gasteiger partial charge is 0.494 e. The van der Waals surface area contributed by atoms with E-state index in [1.807, 2.05) is 19.2 Å². The van der Waals surface area contributed by atoms with Crippen LogP contribution in [0.1, 0.15) is 48.4 Å². The fraction of sp³-hybridized carbons (Fsp3) is 0.500. The maximum Gasteiger partial charge on any atom is 0.124 e. The Bertz CT molecular complexity index is 615. The number of nitrogens with zero attached hydrogens (tertiary/aromatic N) is 2. The topological polar surface area (TPSA) is 45.6 Å². The van der Waals surface area contributed by atoms with E-state index in [1.165, 1.54) is 29.8 Å². The first kappa shape index (κ1) is 16.4. The van der Waals surface area contributed by atoms with Gasteiger partial charge in [0.2, 0.25) is 0 Å². The fourth-order valence-electron chi connectivity index (χ4n) is 3.24. The number of thiazole rings is 1. The summed E-state index contributed by atoms with van der Waals surface area (Å²) in [6.45, 7) is 4.58. The molecule has 1 aromatic carbocycles. The van der Waals surface area contributed by atoms with E-state index in [0.717, 1.165) is 24.4 Å². The summed E-state index contributed by atoms with van der Waals surface area (Å²) < 4.78 is 5.57. The third-order valence-corrected chi connectivity index (χ3v) is 5.21. The van der Waals surface area contributed by atoms with Gasteiger partial charge in [0, 0.05) is 23.7 Å². The van der Waals surface area contributed by atoms with Gasteiger partial charge < -0.3 is 9.84 Å². The lowest BCUT2D eigenvalue weighted by Gasteiger charge is -2.34. The van der Waals surface area contributed by atoms with Crippen LogP contribution in [0.15, 0.2) is 29.8 Å². The van der Waals surface area contributed by atoms with Crippen LogP contribution in [0.5, 0.6) is 5.75 Å². The first-order chi connectivity index (χ1) is 11.3. The van der Waals surface area contributed by atoms with Crippen LogP contribution < -0.4 is 4.74 Å². The van der Waals surface area contributed by atoms with E-state index in [4.69, 9.17) is 4.74 Å². The molecular weight excluding hydrogens is 308 g/mol. The third-order valence-electron chi connectivity index (χ3n) is 4.33. The Balaban J connectivity index is 1.76. The van der Waals surface area contributed by atoms with Gasteiger partial charge in [-0.15, -0.1) is 11.3 Å². The highest BCUT2D eigenvalue weighted by molar-refractivity contribution is 7.09. The van der Waals surface area contributed by atoms with Gasteiger partial charge in [-0.2, -0.15) is 0 Å². The summed E-state index contributed by atoms with van der Waals surface area (Å²) in [5.74, 6) is 0.786. The summed E-state index contributed by atoms with van der Waals surface area (Å²) in [4.78, 5) is 7.03. The van der Waals surface area contributed by atoms with Gasteiger partial charge in [0.25, 0.3) is 0 Å². The van der Waals surface area contributed by atoms with Crippen LogP contribution in [0, 0.1) is 0 Å². The molecule has 0 amide bonds. The zero-order valence-electron chi connectivity index (χ0n) is 13.6. The van der Waals surface area contributed by atoms with Crippen molar-refractivity contribution < 1.29 is 9.84 Å². The molecule has 0 bridgehead atoms. The number of likely N-dealkylation sites (tertiary alicyclic amines) is 1. The minimum absolute atomic E-state index is 0.0130. The summed E-state index contributed by atoms with van der Waals surface area (Å²) in [5, 5.41) is 12.9. The molecule has 0 radical (unpaired) electrons. The fourth-order valence-corrected chi connectivity index (χ4v) is 4.05. The molecule has 1 aliphatic heterocycles. The second kappa shape index (κ2) is 7.90. The molecule has 4 nitrogen and oxygen atoms in total. The Kier molecular flexibility index (Phi) is 5.65. The number of piperidine rings is 1. The van der Waals surface area contributed by atoms with E-state index in [-0.39, 0.29) is 6.61 Å². The highest BCUT2D eigenvalue weighted by Crippen LogP contribution is 2.33. The Hall–Kier alpha value is -1.43. The van der Waals surface area contributed by atoms with Gasteiger partial charge in [-0.1, -0.05) is 12.5 Å². The Morgan fingerprint density at radius 1 is 1.39 bits per heavy atom. The molecular formula is C18H24N2O2S. The molecule has 124 valence electrons. The van der Waals surface area contributed by atoms with Crippen molar-refractivity contribution in [3.8, 4) is 5.75 Å². The van der Waals surface area contributed by atoms with E-state index in [1.54, 1.807) is 11.3 Å².